The molecule has 6 nitrogen and oxygen atoms in total. The van der Waals surface area contributed by atoms with Gasteiger partial charge in [0.15, 0.2) is 5.96 Å². The Morgan fingerprint density at radius 2 is 1.97 bits per heavy atom. The first kappa shape index (κ1) is 23.0. The summed E-state index contributed by atoms with van der Waals surface area (Å²) < 4.78 is 11.2. The van der Waals surface area contributed by atoms with Gasteiger partial charge in [0.25, 0.3) is 0 Å². The van der Waals surface area contributed by atoms with E-state index in [1.165, 1.54) is 25.1 Å². The van der Waals surface area contributed by atoms with E-state index in [1.54, 1.807) is 0 Å². The molecule has 0 spiro atoms. The zero-order chi connectivity index (χ0) is 20.9. The van der Waals surface area contributed by atoms with E-state index in [9.17, 15) is 0 Å². The van der Waals surface area contributed by atoms with Gasteiger partial charge in [0.05, 0.1) is 0 Å². The SMILES string of the molecule is CN=C(NCCCOCC1CCOCC1)NCC1CCN(CCc2ccccc2)C1. The molecule has 1 aromatic rings. The maximum Gasteiger partial charge on any atom is 0.190 e. The van der Waals surface area contributed by atoms with Gasteiger partial charge in [0, 0.05) is 59.7 Å². The molecule has 2 fully saturated rings. The molecule has 0 bridgehead atoms. The van der Waals surface area contributed by atoms with Gasteiger partial charge in [-0.3, -0.25) is 4.99 Å². The van der Waals surface area contributed by atoms with E-state index >= 15 is 0 Å². The molecule has 3 rings (SSSR count). The highest BCUT2D eigenvalue weighted by molar-refractivity contribution is 5.79. The molecular formula is C24H40N4O2. The molecular weight excluding hydrogens is 376 g/mol. The predicted octanol–water partition coefficient (Wildman–Crippen LogP) is 2.55. The fourth-order valence-corrected chi connectivity index (χ4v) is 4.22. The van der Waals surface area contributed by atoms with Crippen molar-refractivity contribution in [2.45, 2.75) is 32.1 Å². The topological polar surface area (TPSA) is 58.1 Å². The van der Waals surface area contributed by atoms with E-state index in [-0.39, 0.29) is 0 Å². The van der Waals surface area contributed by atoms with Crippen molar-refractivity contribution in [1.82, 2.24) is 15.5 Å². The van der Waals surface area contributed by atoms with E-state index in [0.717, 1.165) is 77.7 Å². The summed E-state index contributed by atoms with van der Waals surface area (Å²) in [5, 5.41) is 6.92. The highest BCUT2D eigenvalue weighted by atomic mass is 16.5. The molecule has 6 heteroatoms. The molecule has 2 aliphatic heterocycles. The largest absolute Gasteiger partial charge is 0.381 e. The number of likely N-dealkylation sites (tertiary alicyclic amines) is 1. The highest BCUT2D eigenvalue weighted by Gasteiger charge is 2.22. The lowest BCUT2D eigenvalue weighted by molar-refractivity contribution is 0.0203. The van der Waals surface area contributed by atoms with Crippen LogP contribution < -0.4 is 10.6 Å². The van der Waals surface area contributed by atoms with Crippen molar-refractivity contribution in [3.63, 3.8) is 0 Å². The molecule has 2 aliphatic rings. The number of nitrogens with one attached hydrogen (secondary N) is 2. The second-order valence-electron chi connectivity index (χ2n) is 8.56. The summed E-state index contributed by atoms with van der Waals surface area (Å²) in [7, 11) is 1.85. The van der Waals surface area contributed by atoms with Gasteiger partial charge in [-0.2, -0.15) is 0 Å². The highest BCUT2D eigenvalue weighted by Crippen LogP contribution is 2.16. The Kier molecular flexibility index (Phi) is 10.5. The third-order valence-electron chi connectivity index (χ3n) is 6.16. The Hall–Kier alpha value is -1.63. The minimum atomic E-state index is 0.680. The summed E-state index contributed by atoms with van der Waals surface area (Å²) in [5.74, 6) is 2.28. The van der Waals surface area contributed by atoms with Crippen molar-refractivity contribution >= 4 is 5.96 Å². The van der Waals surface area contributed by atoms with Gasteiger partial charge in [0.1, 0.15) is 0 Å². The number of guanidine groups is 1. The molecule has 30 heavy (non-hydrogen) atoms. The number of nitrogens with zero attached hydrogens (tertiary/aromatic N) is 2. The van der Waals surface area contributed by atoms with E-state index in [2.05, 4.69) is 50.9 Å². The molecule has 1 atom stereocenters. The fourth-order valence-electron chi connectivity index (χ4n) is 4.22. The van der Waals surface area contributed by atoms with Crippen LogP contribution >= 0.6 is 0 Å². The van der Waals surface area contributed by atoms with Crippen LogP contribution in [0.25, 0.3) is 0 Å². The van der Waals surface area contributed by atoms with Crippen LogP contribution in [0.2, 0.25) is 0 Å². The number of rotatable bonds is 11. The van der Waals surface area contributed by atoms with Crippen molar-refractivity contribution in [2.75, 3.05) is 66.2 Å². The second-order valence-corrected chi connectivity index (χ2v) is 8.56. The first-order chi connectivity index (χ1) is 14.8. The normalized spacial score (nSPS) is 21.1. The van der Waals surface area contributed by atoms with Crippen molar-refractivity contribution in [1.29, 1.82) is 0 Å². The molecule has 0 saturated carbocycles. The van der Waals surface area contributed by atoms with Gasteiger partial charge in [-0.05, 0) is 56.0 Å². The summed E-state index contributed by atoms with van der Waals surface area (Å²) in [6.07, 6.45) is 5.68. The van der Waals surface area contributed by atoms with Crippen LogP contribution in [0.15, 0.2) is 35.3 Å². The van der Waals surface area contributed by atoms with E-state index in [4.69, 9.17) is 9.47 Å². The molecule has 2 saturated heterocycles. The van der Waals surface area contributed by atoms with Gasteiger partial charge in [-0.1, -0.05) is 30.3 Å². The Morgan fingerprint density at radius 1 is 1.13 bits per heavy atom. The average Bonchev–Trinajstić information content (AvgIpc) is 3.26. The van der Waals surface area contributed by atoms with Gasteiger partial charge < -0.3 is 25.0 Å². The molecule has 0 aliphatic carbocycles. The van der Waals surface area contributed by atoms with Gasteiger partial charge in [-0.15, -0.1) is 0 Å². The third kappa shape index (κ3) is 8.62. The fraction of sp³-hybridized carbons (Fsp3) is 0.708. The number of benzene rings is 1. The maximum atomic E-state index is 5.84. The van der Waals surface area contributed by atoms with Gasteiger partial charge in [0.2, 0.25) is 0 Å². The molecule has 0 aromatic heterocycles. The van der Waals surface area contributed by atoms with E-state index in [1.807, 2.05) is 7.05 Å². The number of aliphatic imine (C=N–C) groups is 1. The molecule has 2 N–H and O–H groups in total. The molecule has 168 valence electrons. The first-order valence-electron chi connectivity index (χ1n) is 11.7. The predicted molar refractivity (Wildman–Crippen MR) is 123 cm³/mol. The van der Waals surface area contributed by atoms with Crippen LogP contribution in [0.4, 0.5) is 0 Å². The van der Waals surface area contributed by atoms with Crippen LogP contribution in [-0.2, 0) is 15.9 Å². The third-order valence-corrected chi connectivity index (χ3v) is 6.16. The summed E-state index contributed by atoms with van der Waals surface area (Å²) in [5.41, 5.74) is 1.43. The summed E-state index contributed by atoms with van der Waals surface area (Å²) in [4.78, 5) is 6.95. The van der Waals surface area contributed by atoms with Crippen LogP contribution in [0.5, 0.6) is 0 Å². The molecule has 0 radical (unpaired) electrons. The lowest BCUT2D eigenvalue weighted by atomic mass is 10.0. The summed E-state index contributed by atoms with van der Waals surface area (Å²) >= 11 is 0. The number of hydrogen-bond donors (Lipinski definition) is 2. The van der Waals surface area contributed by atoms with E-state index < -0.39 is 0 Å². The Bertz CT molecular complexity index is 604. The Balaban J connectivity index is 1.20. The van der Waals surface area contributed by atoms with Crippen LogP contribution in [0.3, 0.4) is 0 Å². The smallest absolute Gasteiger partial charge is 0.190 e. The zero-order valence-corrected chi connectivity index (χ0v) is 18.7. The lowest BCUT2D eigenvalue weighted by Crippen LogP contribution is -2.40. The van der Waals surface area contributed by atoms with Crippen LogP contribution in [0.1, 0.15) is 31.2 Å². The van der Waals surface area contributed by atoms with Crippen LogP contribution in [0, 0.1) is 11.8 Å². The van der Waals surface area contributed by atoms with Crippen molar-refractivity contribution in [3.8, 4) is 0 Å². The Labute approximate surface area is 182 Å². The standard InChI is InChI=1S/C24H40N4O2/c1-25-24(26-12-5-15-30-20-22-10-16-29-17-11-22)27-18-23-9-14-28(19-23)13-8-21-6-3-2-4-7-21/h2-4,6-7,22-23H,5,8-20H2,1H3,(H2,25,26,27). The van der Waals surface area contributed by atoms with Crippen molar-refractivity contribution < 1.29 is 9.47 Å². The zero-order valence-electron chi connectivity index (χ0n) is 18.7. The van der Waals surface area contributed by atoms with Gasteiger partial charge in [-0.25, -0.2) is 0 Å². The second kappa shape index (κ2) is 13.6. The van der Waals surface area contributed by atoms with Gasteiger partial charge >= 0.3 is 0 Å². The molecule has 0 amide bonds. The first-order valence-corrected chi connectivity index (χ1v) is 11.7. The minimum Gasteiger partial charge on any atom is -0.381 e. The van der Waals surface area contributed by atoms with Crippen molar-refractivity contribution in [2.24, 2.45) is 16.8 Å². The molecule has 2 heterocycles. The van der Waals surface area contributed by atoms with Crippen molar-refractivity contribution in [3.05, 3.63) is 35.9 Å². The van der Waals surface area contributed by atoms with Crippen LogP contribution in [-0.4, -0.2) is 77.1 Å². The monoisotopic (exact) mass is 416 g/mol. The average molecular weight is 417 g/mol. The molecule has 1 aromatic carbocycles. The lowest BCUT2D eigenvalue weighted by Gasteiger charge is -2.21. The Morgan fingerprint density at radius 3 is 2.77 bits per heavy atom. The van der Waals surface area contributed by atoms with E-state index in [0.29, 0.717) is 11.8 Å². The number of hydrogen-bond acceptors (Lipinski definition) is 4. The summed E-state index contributed by atoms with van der Waals surface area (Å²) in [6, 6.07) is 10.8. The maximum absolute atomic E-state index is 5.84. The minimum absolute atomic E-state index is 0.680. The molecule has 1 unspecified atom stereocenters. The summed E-state index contributed by atoms with van der Waals surface area (Å²) in [6.45, 7) is 8.88. The quantitative estimate of drug-likeness (QED) is 0.330. The number of ether oxygens (including phenoxy) is 2.